The lowest BCUT2D eigenvalue weighted by molar-refractivity contribution is -0.120. The lowest BCUT2D eigenvalue weighted by Crippen LogP contribution is -2.37. The van der Waals surface area contributed by atoms with Gasteiger partial charge < -0.3 is 5.32 Å². The second kappa shape index (κ2) is 6.24. The number of amides is 1. The van der Waals surface area contributed by atoms with Gasteiger partial charge in [-0.1, -0.05) is 43.2 Å². The predicted octanol–water partition coefficient (Wildman–Crippen LogP) is 3.14. The van der Waals surface area contributed by atoms with Crippen LogP contribution in [-0.4, -0.2) is 18.3 Å². The van der Waals surface area contributed by atoms with Crippen molar-refractivity contribution >= 4 is 17.5 Å². The Morgan fingerprint density at radius 2 is 1.89 bits per heavy atom. The fourth-order valence-electron chi connectivity index (χ4n) is 2.61. The number of rotatable bonds is 5. The van der Waals surface area contributed by atoms with Crippen LogP contribution in [0.4, 0.5) is 0 Å². The molecule has 0 bridgehead atoms. The normalized spacial score (nSPS) is 17.6. The van der Waals surface area contributed by atoms with E-state index in [1.165, 1.54) is 12.8 Å². The van der Waals surface area contributed by atoms with Gasteiger partial charge in [0.1, 0.15) is 0 Å². The first-order valence-corrected chi connectivity index (χ1v) is 7.14. The van der Waals surface area contributed by atoms with E-state index in [1.54, 1.807) is 0 Å². The van der Waals surface area contributed by atoms with Gasteiger partial charge in [-0.15, -0.1) is 11.6 Å². The molecule has 1 fully saturated rings. The van der Waals surface area contributed by atoms with E-state index >= 15 is 0 Å². The topological polar surface area (TPSA) is 29.1 Å². The minimum Gasteiger partial charge on any atom is -0.355 e. The van der Waals surface area contributed by atoms with Gasteiger partial charge in [-0.05, 0) is 18.4 Å². The number of nitrogens with one attached hydrogen (secondary N) is 1. The van der Waals surface area contributed by atoms with Crippen LogP contribution < -0.4 is 5.32 Å². The molecule has 0 aromatic heterocycles. The Kier molecular flexibility index (Phi) is 4.65. The molecule has 2 rings (SSSR count). The van der Waals surface area contributed by atoms with Crippen LogP contribution >= 0.6 is 11.6 Å². The van der Waals surface area contributed by atoms with Crippen molar-refractivity contribution in [3.63, 3.8) is 0 Å². The summed E-state index contributed by atoms with van der Waals surface area (Å²) in [6.45, 7) is 0.724. The Balaban J connectivity index is 1.81. The van der Waals surface area contributed by atoms with E-state index in [0.717, 1.165) is 24.9 Å². The minimum absolute atomic E-state index is 0.0950. The summed E-state index contributed by atoms with van der Waals surface area (Å²) in [6.07, 6.45) is 5.21. The highest BCUT2D eigenvalue weighted by Crippen LogP contribution is 2.38. The summed E-state index contributed by atoms with van der Waals surface area (Å²) in [5.41, 5.74) is 1.20. The van der Waals surface area contributed by atoms with Gasteiger partial charge in [0.25, 0.3) is 0 Å². The van der Waals surface area contributed by atoms with E-state index in [0.29, 0.717) is 12.3 Å². The summed E-state index contributed by atoms with van der Waals surface area (Å²) < 4.78 is 0. The lowest BCUT2D eigenvalue weighted by atomic mass is 9.88. The summed E-state index contributed by atoms with van der Waals surface area (Å²) in [5.74, 6) is 0.746. The Morgan fingerprint density at radius 3 is 2.50 bits per heavy atom. The van der Waals surface area contributed by atoms with Crippen LogP contribution in [0.2, 0.25) is 0 Å². The Morgan fingerprint density at radius 1 is 1.22 bits per heavy atom. The summed E-state index contributed by atoms with van der Waals surface area (Å²) in [7, 11) is 0. The number of benzene rings is 1. The maximum absolute atomic E-state index is 11.9. The van der Waals surface area contributed by atoms with Gasteiger partial charge in [0.05, 0.1) is 6.42 Å². The predicted molar refractivity (Wildman–Crippen MR) is 74.8 cm³/mol. The average molecular weight is 266 g/mol. The summed E-state index contributed by atoms with van der Waals surface area (Å²) in [4.78, 5) is 11.9. The van der Waals surface area contributed by atoms with Crippen LogP contribution in [0.15, 0.2) is 30.3 Å². The molecule has 18 heavy (non-hydrogen) atoms. The molecule has 1 N–H and O–H groups in total. The van der Waals surface area contributed by atoms with Crippen LogP contribution in [-0.2, 0) is 11.2 Å². The van der Waals surface area contributed by atoms with Crippen molar-refractivity contribution in [3.8, 4) is 0 Å². The second-order valence-electron chi connectivity index (χ2n) is 5.28. The monoisotopic (exact) mass is 265 g/mol. The zero-order chi connectivity index (χ0) is 12.8. The zero-order valence-electron chi connectivity index (χ0n) is 10.6. The molecule has 1 amide bonds. The van der Waals surface area contributed by atoms with Crippen molar-refractivity contribution in [2.75, 3.05) is 12.4 Å². The highest BCUT2D eigenvalue weighted by Gasteiger charge is 2.33. The highest BCUT2D eigenvalue weighted by atomic mass is 35.5. The second-order valence-corrected chi connectivity index (χ2v) is 5.55. The number of alkyl halides is 1. The van der Waals surface area contributed by atoms with Gasteiger partial charge >= 0.3 is 0 Å². The molecule has 1 aromatic rings. The van der Waals surface area contributed by atoms with E-state index in [2.05, 4.69) is 5.32 Å². The van der Waals surface area contributed by atoms with Crippen molar-refractivity contribution < 1.29 is 4.79 Å². The van der Waals surface area contributed by atoms with Crippen LogP contribution in [0.25, 0.3) is 0 Å². The minimum atomic E-state index is 0.0950. The van der Waals surface area contributed by atoms with Crippen molar-refractivity contribution in [1.29, 1.82) is 0 Å². The van der Waals surface area contributed by atoms with Gasteiger partial charge in [0.2, 0.25) is 5.91 Å². The molecule has 98 valence electrons. The molecule has 0 radical (unpaired) electrons. The summed E-state index contributed by atoms with van der Waals surface area (Å²) >= 11 is 6.06. The summed E-state index contributed by atoms with van der Waals surface area (Å²) in [6, 6.07) is 9.83. The zero-order valence-corrected chi connectivity index (χ0v) is 11.4. The lowest BCUT2D eigenvalue weighted by Gasteiger charge is -2.26. The van der Waals surface area contributed by atoms with Crippen LogP contribution in [0.5, 0.6) is 0 Å². The molecule has 0 saturated heterocycles. The first kappa shape index (κ1) is 13.4. The van der Waals surface area contributed by atoms with Crippen molar-refractivity contribution in [3.05, 3.63) is 35.9 Å². The van der Waals surface area contributed by atoms with E-state index in [4.69, 9.17) is 11.6 Å². The molecule has 3 heteroatoms. The SMILES string of the molecule is O=C(Cc1ccccc1)NCC1(CCl)CCCC1. The molecule has 0 atom stereocenters. The van der Waals surface area contributed by atoms with Gasteiger partial charge in [0.15, 0.2) is 0 Å². The number of hydrogen-bond acceptors (Lipinski definition) is 1. The number of hydrogen-bond donors (Lipinski definition) is 1. The Labute approximate surface area is 114 Å². The highest BCUT2D eigenvalue weighted by molar-refractivity contribution is 6.18. The number of carbonyl (C=O) groups is 1. The molecule has 1 saturated carbocycles. The van der Waals surface area contributed by atoms with Gasteiger partial charge in [-0.25, -0.2) is 0 Å². The van der Waals surface area contributed by atoms with E-state index in [1.807, 2.05) is 30.3 Å². The smallest absolute Gasteiger partial charge is 0.224 e. The van der Waals surface area contributed by atoms with Crippen LogP contribution in [0, 0.1) is 5.41 Å². The van der Waals surface area contributed by atoms with E-state index in [9.17, 15) is 4.79 Å². The van der Waals surface area contributed by atoms with Gasteiger partial charge in [-0.3, -0.25) is 4.79 Å². The molecule has 2 nitrogen and oxygen atoms in total. The molecule has 1 aliphatic carbocycles. The van der Waals surface area contributed by atoms with E-state index in [-0.39, 0.29) is 11.3 Å². The largest absolute Gasteiger partial charge is 0.355 e. The van der Waals surface area contributed by atoms with Crippen molar-refractivity contribution in [1.82, 2.24) is 5.32 Å². The first-order chi connectivity index (χ1) is 8.74. The maximum atomic E-state index is 11.9. The molecule has 1 aliphatic rings. The quantitative estimate of drug-likeness (QED) is 0.815. The maximum Gasteiger partial charge on any atom is 0.224 e. The Bertz CT molecular complexity index is 385. The molecular formula is C15H20ClNO. The fourth-order valence-corrected chi connectivity index (χ4v) is 2.97. The third-order valence-electron chi connectivity index (χ3n) is 3.82. The van der Waals surface area contributed by atoms with Gasteiger partial charge in [0, 0.05) is 17.8 Å². The molecule has 0 spiro atoms. The van der Waals surface area contributed by atoms with Crippen LogP contribution in [0.1, 0.15) is 31.2 Å². The molecule has 0 unspecified atom stereocenters. The number of halogens is 1. The third kappa shape index (κ3) is 3.49. The van der Waals surface area contributed by atoms with Crippen molar-refractivity contribution in [2.24, 2.45) is 5.41 Å². The standard InChI is InChI=1S/C15H20ClNO/c16-11-15(8-4-5-9-15)12-17-14(18)10-13-6-2-1-3-7-13/h1-3,6-7H,4-5,8-12H2,(H,17,18). The average Bonchev–Trinajstić information content (AvgIpc) is 2.87. The first-order valence-electron chi connectivity index (χ1n) is 6.61. The summed E-state index contributed by atoms with van der Waals surface area (Å²) in [5, 5.41) is 3.04. The fraction of sp³-hybridized carbons (Fsp3) is 0.533. The molecule has 1 aromatic carbocycles. The molecular weight excluding hydrogens is 246 g/mol. The van der Waals surface area contributed by atoms with Gasteiger partial charge in [-0.2, -0.15) is 0 Å². The number of carbonyl (C=O) groups excluding carboxylic acids is 1. The molecule has 0 heterocycles. The van der Waals surface area contributed by atoms with Crippen molar-refractivity contribution in [2.45, 2.75) is 32.1 Å². The third-order valence-corrected chi connectivity index (χ3v) is 4.38. The van der Waals surface area contributed by atoms with Crippen LogP contribution in [0.3, 0.4) is 0 Å². The molecule has 0 aliphatic heterocycles. The Hall–Kier alpha value is -1.02. The van der Waals surface area contributed by atoms with E-state index < -0.39 is 0 Å².